The van der Waals surface area contributed by atoms with E-state index in [1.54, 1.807) is 0 Å². The Morgan fingerprint density at radius 3 is 1.82 bits per heavy atom. The highest BCUT2D eigenvalue weighted by Gasteiger charge is 2.46. The standard InChI is InChI=1S/C28H32O16/c1-39-15-7-14-18(21(34)26(15)44-28-25(38)23(36)20(33)17(9-30)43-28)12(31)6-13(41-14)10-2-4-11(5-3-10)40-27-24(37)22(35)19(32)16(8-29)42-27/h2-7,16-17,19-20,22-25,27-30,32-38H,8-9H2,1H3/t16-,17-,19-,20-,22+,23+,24-,25-,27-,28+/m1/s1. The number of methoxy groups -OCH3 is 1. The van der Waals surface area contributed by atoms with E-state index in [0.29, 0.717) is 5.56 Å². The van der Waals surface area contributed by atoms with E-state index in [1.165, 1.54) is 37.4 Å². The molecule has 10 atom stereocenters. The number of aromatic hydroxyl groups is 1. The molecule has 0 bridgehead atoms. The molecule has 44 heavy (non-hydrogen) atoms. The fourth-order valence-electron chi connectivity index (χ4n) is 4.95. The summed E-state index contributed by atoms with van der Waals surface area (Å²) in [6.07, 6.45) is -15.4. The van der Waals surface area contributed by atoms with E-state index in [4.69, 9.17) is 28.1 Å². The summed E-state index contributed by atoms with van der Waals surface area (Å²) in [5.74, 6) is -1.05. The maximum absolute atomic E-state index is 13.1. The molecule has 3 aromatic rings. The van der Waals surface area contributed by atoms with E-state index in [0.717, 1.165) is 6.07 Å². The Balaban J connectivity index is 1.40. The van der Waals surface area contributed by atoms with Crippen LogP contribution in [0.5, 0.6) is 23.0 Å². The third-order valence-corrected chi connectivity index (χ3v) is 7.45. The van der Waals surface area contributed by atoms with Gasteiger partial charge in [0, 0.05) is 17.7 Å². The normalized spacial score (nSPS) is 32.4. The van der Waals surface area contributed by atoms with Crippen molar-refractivity contribution in [3.05, 3.63) is 46.6 Å². The molecule has 2 fully saturated rings. The number of phenolic OH excluding ortho intramolecular Hbond substituents is 1. The van der Waals surface area contributed by atoms with Gasteiger partial charge in [-0.3, -0.25) is 4.79 Å². The molecule has 2 aliphatic rings. The lowest BCUT2D eigenvalue weighted by atomic mass is 9.99. The van der Waals surface area contributed by atoms with E-state index >= 15 is 0 Å². The van der Waals surface area contributed by atoms with Crippen molar-refractivity contribution < 1.29 is 74.1 Å². The van der Waals surface area contributed by atoms with Gasteiger partial charge in [-0.15, -0.1) is 0 Å². The number of fused-ring (bicyclic) bond motifs is 1. The average Bonchev–Trinajstić information content (AvgIpc) is 3.02. The largest absolute Gasteiger partial charge is 0.504 e. The summed E-state index contributed by atoms with van der Waals surface area (Å²) in [5.41, 5.74) is -0.406. The van der Waals surface area contributed by atoms with E-state index in [1.807, 2.05) is 0 Å². The van der Waals surface area contributed by atoms with Crippen molar-refractivity contribution in [2.45, 2.75) is 61.4 Å². The van der Waals surface area contributed by atoms with Crippen LogP contribution in [0.2, 0.25) is 0 Å². The fourth-order valence-corrected chi connectivity index (χ4v) is 4.95. The Morgan fingerprint density at radius 2 is 1.30 bits per heavy atom. The van der Waals surface area contributed by atoms with Crippen molar-refractivity contribution in [2.24, 2.45) is 0 Å². The molecule has 0 aliphatic carbocycles. The zero-order valence-electron chi connectivity index (χ0n) is 23.0. The summed E-state index contributed by atoms with van der Waals surface area (Å²) < 4.78 is 33.0. The van der Waals surface area contributed by atoms with Crippen molar-refractivity contribution in [3.63, 3.8) is 0 Å². The first-order chi connectivity index (χ1) is 21.0. The van der Waals surface area contributed by atoms with Crippen molar-refractivity contribution in [2.75, 3.05) is 20.3 Å². The van der Waals surface area contributed by atoms with Crippen LogP contribution in [0.15, 0.2) is 45.6 Å². The third kappa shape index (κ3) is 5.80. The highest BCUT2D eigenvalue weighted by molar-refractivity contribution is 5.89. The van der Waals surface area contributed by atoms with Gasteiger partial charge in [0.05, 0.1) is 20.3 Å². The van der Waals surface area contributed by atoms with E-state index in [9.17, 15) is 50.8 Å². The summed E-state index contributed by atoms with van der Waals surface area (Å²) in [4.78, 5) is 13.1. The van der Waals surface area contributed by atoms with E-state index in [-0.39, 0.29) is 28.2 Å². The molecule has 16 nitrogen and oxygen atoms in total. The van der Waals surface area contributed by atoms with Crippen LogP contribution in [0.25, 0.3) is 22.3 Å². The van der Waals surface area contributed by atoms with Gasteiger partial charge in [0.1, 0.15) is 71.3 Å². The van der Waals surface area contributed by atoms with Crippen LogP contribution in [-0.2, 0) is 9.47 Å². The number of rotatable bonds is 8. The first kappa shape index (κ1) is 31.9. The zero-order valence-corrected chi connectivity index (χ0v) is 23.0. The van der Waals surface area contributed by atoms with Gasteiger partial charge in [0.15, 0.2) is 16.9 Å². The van der Waals surface area contributed by atoms with Crippen LogP contribution in [-0.4, -0.2) is 128 Å². The summed E-state index contributed by atoms with van der Waals surface area (Å²) in [5, 5.41) is 90.0. The van der Waals surface area contributed by atoms with Crippen molar-refractivity contribution in [1.29, 1.82) is 0 Å². The maximum atomic E-state index is 13.1. The van der Waals surface area contributed by atoms with Gasteiger partial charge in [-0.1, -0.05) is 0 Å². The molecule has 16 heteroatoms. The quantitative estimate of drug-likeness (QED) is 0.126. The van der Waals surface area contributed by atoms with Gasteiger partial charge < -0.3 is 74.1 Å². The highest BCUT2D eigenvalue weighted by atomic mass is 16.7. The summed E-state index contributed by atoms with van der Waals surface area (Å²) >= 11 is 0. The van der Waals surface area contributed by atoms with Crippen molar-refractivity contribution in [3.8, 4) is 34.3 Å². The second kappa shape index (κ2) is 12.8. The van der Waals surface area contributed by atoms with Crippen LogP contribution in [0.3, 0.4) is 0 Å². The molecule has 3 heterocycles. The van der Waals surface area contributed by atoms with Crippen LogP contribution in [0, 0.1) is 0 Å². The second-order valence-electron chi connectivity index (χ2n) is 10.3. The molecular formula is C28H32O16. The van der Waals surface area contributed by atoms with Crippen LogP contribution < -0.4 is 19.6 Å². The molecular weight excluding hydrogens is 592 g/mol. The minimum absolute atomic E-state index is 0.0749. The Hall–Kier alpha value is -3.55. The second-order valence-corrected chi connectivity index (χ2v) is 10.3. The van der Waals surface area contributed by atoms with Crippen molar-refractivity contribution >= 4 is 11.0 Å². The van der Waals surface area contributed by atoms with Gasteiger partial charge >= 0.3 is 0 Å². The SMILES string of the molecule is COc1cc2oc(-c3ccc(O[C@@H]4O[C@H](CO)[C@@H](O)[C@H](O)[C@H]4O)cc3)cc(=O)c2c(O)c1O[C@@H]1O[C@H](CO)[C@@H](O)[C@H](O)[C@H]1O. The maximum Gasteiger partial charge on any atom is 0.229 e. The molecule has 240 valence electrons. The van der Waals surface area contributed by atoms with Gasteiger partial charge in [-0.2, -0.15) is 0 Å². The predicted molar refractivity (Wildman–Crippen MR) is 145 cm³/mol. The minimum atomic E-state index is -1.79. The average molecular weight is 625 g/mol. The summed E-state index contributed by atoms with van der Waals surface area (Å²) in [7, 11) is 1.23. The number of phenols is 1. The molecule has 5 rings (SSSR count). The summed E-state index contributed by atoms with van der Waals surface area (Å²) in [6.45, 7) is -1.33. The Morgan fingerprint density at radius 1 is 0.750 bits per heavy atom. The minimum Gasteiger partial charge on any atom is -0.504 e. The Labute approximate surface area is 248 Å². The van der Waals surface area contributed by atoms with Gasteiger partial charge in [-0.25, -0.2) is 0 Å². The van der Waals surface area contributed by atoms with Crippen LogP contribution in [0.1, 0.15) is 0 Å². The van der Waals surface area contributed by atoms with Gasteiger partial charge in [0.25, 0.3) is 0 Å². The first-order valence-corrected chi connectivity index (χ1v) is 13.4. The van der Waals surface area contributed by atoms with Crippen molar-refractivity contribution in [1.82, 2.24) is 0 Å². The molecule has 2 saturated heterocycles. The van der Waals surface area contributed by atoms with Gasteiger partial charge in [0.2, 0.25) is 18.3 Å². The molecule has 0 spiro atoms. The molecule has 9 N–H and O–H groups in total. The molecule has 0 amide bonds. The van der Waals surface area contributed by atoms with Crippen LogP contribution >= 0.6 is 0 Å². The molecule has 2 aromatic carbocycles. The first-order valence-electron chi connectivity index (χ1n) is 13.4. The monoisotopic (exact) mass is 624 g/mol. The Kier molecular flexibility index (Phi) is 9.28. The topological polar surface area (TPSA) is 258 Å². The molecule has 1 aromatic heterocycles. The van der Waals surface area contributed by atoms with Crippen LogP contribution in [0.4, 0.5) is 0 Å². The fraction of sp³-hybridized carbons (Fsp3) is 0.464. The Bertz CT molecular complexity index is 1500. The lowest BCUT2D eigenvalue weighted by Gasteiger charge is -2.39. The van der Waals surface area contributed by atoms with Gasteiger partial charge in [-0.05, 0) is 24.3 Å². The highest BCUT2D eigenvalue weighted by Crippen LogP contribution is 2.44. The predicted octanol–water partition coefficient (Wildman–Crippen LogP) is -2.47. The third-order valence-electron chi connectivity index (χ3n) is 7.45. The zero-order chi connectivity index (χ0) is 31.9. The number of aliphatic hydroxyl groups is 8. The number of hydrogen-bond acceptors (Lipinski definition) is 16. The molecule has 0 radical (unpaired) electrons. The van der Waals surface area contributed by atoms with E-state index in [2.05, 4.69) is 0 Å². The smallest absolute Gasteiger partial charge is 0.229 e. The number of ether oxygens (including phenoxy) is 5. The van der Waals surface area contributed by atoms with E-state index < -0.39 is 91.6 Å². The molecule has 2 aliphatic heterocycles. The molecule has 0 unspecified atom stereocenters. The number of benzene rings is 2. The number of hydrogen-bond donors (Lipinski definition) is 9. The lowest BCUT2D eigenvalue weighted by Crippen LogP contribution is -2.60. The summed E-state index contributed by atoms with van der Waals surface area (Å²) in [6, 6.07) is 8.27. The lowest BCUT2D eigenvalue weighted by molar-refractivity contribution is -0.277. The molecule has 0 saturated carbocycles. The number of aliphatic hydroxyl groups excluding tert-OH is 8.